The molecule has 0 fully saturated rings. The number of carbonyl (C=O) groups excluding carboxylic acids is 1. The Hall–Kier alpha value is -2.43. The molecule has 1 heterocycles. The number of amides is 1. The number of carbonyl (C=O) groups is 1. The predicted molar refractivity (Wildman–Crippen MR) is 89.9 cm³/mol. The van der Waals surface area contributed by atoms with Crippen LogP contribution in [-0.4, -0.2) is 15.7 Å². The summed E-state index contributed by atoms with van der Waals surface area (Å²) in [6.45, 7) is 0. The zero-order valence-corrected chi connectivity index (χ0v) is 13.4. The summed E-state index contributed by atoms with van der Waals surface area (Å²) in [5.74, 6) is -0.461. The van der Waals surface area contributed by atoms with Crippen molar-refractivity contribution in [3.05, 3.63) is 88.0 Å². The third kappa shape index (κ3) is 3.67. The molecule has 1 amide bonds. The second kappa shape index (κ2) is 6.77. The number of halogens is 2. The normalized spacial score (nSPS) is 11.5. The lowest BCUT2D eigenvalue weighted by Gasteiger charge is -2.03. The van der Waals surface area contributed by atoms with Gasteiger partial charge in [0.15, 0.2) is 0 Å². The molecule has 3 aromatic rings. The van der Waals surface area contributed by atoms with E-state index in [4.69, 9.17) is 23.2 Å². The van der Waals surface area contributed by atoms with Crippen LogP contribution in [0.2, 0.25) is 10.0 Å². The second-order valence-corrected chi connectivity index (χ2v) is 5.55. The number of hydrogen-bond acceptors (Lipinski definition) is 2. The highest BCUT2D eigenvalue weighted by atomic mass is 35.5. The van der Waals surface area contributed by atoms with Crippen molar-refractivity contribution in [1.29, 1.82) is 0 Å². The van der Waals surface area contributed by atoms with E-state index in [1.807, 2.05) is 30.3 Å². The molecule has 0 unspecified atom stereocenters. The molecule has 0 bridgehead atoms. The average molecular weight is 344 g/mol. The van der Waals surface area contributed by atoms with Crippen LogP contribution in [0, 0.1) is 0 Å². The van der Waals surface area contributed by atoms with E-state index < -0.39 is 5.91 Å². The number of benzene rings is 2. The molecule has 114 valence electrons. The van der Waals surface area contributed by atoms with Gasteiger partial charge in [0.05, 0.1) is 27.8 Å². The Morgan fingerprint density at radius 3 is 2.52 bits per heavy atom. The molecule has 0 spiro atoms. The molecule has 4 nitrogen and oxygen atoms in total. The van der Waals surface area contributed by atoms with E-state index >= 15 is 0 Å². The number of nitrogens with zero attached hydrogens (tertiary/aromatic N) is 3. The second-order valence-electron chi connectivity index (χ2n) is 4.71. The summed E-state index contributed by atoms with van der Waals surface area (Å²) in [5.41, 5.74) is 1.18. The SMILES string of the molecule is O=C(N=c1ccn(-c2ccccc2)nc1)c1cc(Cl)ccc1Cl. The van der Waals surface area contributed by atoms with E-state index in [0.29, 0.717) is 15.4 Å². The molecule has 0 atom stereocenters. The number of rotatable bonds is 2. The Morgan fingerprint density at radius 1 is 1.04 bits per heavy atom. The number of aromatic nitrogens is 2. The van der Waals surface area contributed by atoms with Gasteiger partial charge in [0.25, 0.3) is 5.91 Å². The van der Waals surface area contributed by atoms with E-state index in [2.05, 4.69) is 10.1 Å². The van der Waals surface area contributed by atoms with Crippen molar-refractivity contribution in [2.24, 2.45) is 4.99 Å². The first-order valence-electron chi connectivity index (χ1n) is 6.78. The number of hydrogen-bond donors (Lipinski definition) is 0. The van der Waals surface area contributed by atoms with Gasteiger partial charge in [-0.05, 0) is 36.4 Å². The topological polar surface area (TPSA) is 47.2 Å². The van der Waals surface area contributed by atoms with Crippen LogP contribution in [0.1, 0.15) is 10.4 Å². The van der Waals surface area contributed by atoms with Crippen LogP contribution in [0.15, 0.2) is 72.0 Å². The first-order valence-corrected chi connectivity index (χ1v) is 7.53. The molecule has 1 aromatic heterocycles. The van der Waals surface area contributed by atoms with Crippen molar-refractivity contribution < 1.29 is 4.79 Å². The van der Waals surface area contributed by atoms with Gasteiger partial charge < -0.3 is 0 Å². The van der Waals surface area contributed by atoms with Gasteiger partial charge in [-0.1, -0.05) is 41.4 Å². The van der Waals surface area contributed by atoms with Crippen molar-refractivity contribution in [1.82, 2.24) is 9.78 Å². The van der Waals surface area contributed by atoms with E-state index in [-0.39, 0.29) is 5.56 Å². The summed E-state index contributed by atoms with van der Waals surface area (Å²) >= 11 is 11.9. The van der Waals surface area contributed by atoms with E-state index in [0.717, 1.165) is 5.69 Å². The minimum atomic E-state index is -0.461. The largest absolute Gasteiger partial charge is 0.279 e. The third-order valence-corrected chi connectivity index (χ3v) is 3.68. The molecule has 0 saturated heterocycles. The molecule has 6 heteroatoms. The standard InChI is InChI=1S/C17H11Cl2N3O/c18-12-6-7-16(19)15(10-12)17(23)21-13-8-9-22(20-11-13)14-4-2-1-3-5-14/h1-11H. The smallest absolute Gasteiger partial charge is 0.267 e. The molecule has 0 aliphatic carbocycles. The van der Waals surface area contributed by atoms with Crippen molar-refractivity contribution in [2.45, 2.75) is 0 Å². The molecule has 23 heavy (non-hydrogen) atoms. The van der Waals surface area contributed by atoms with E-state index in [1.165, 1.54) is 12.3 Å². The zero-order chi connectivity index (χ0) is 16.2. The minimum absolute atomic E-state index is 0.263. The van der Waals surface area contributed by atoms with Gasteiger partial charge in [0.2, 0.25) is 0 Å². The average Bonchev–Trinajstić information content (AvgIpc) is 2.58. The van der Waals surface area contributed by atoms with Crippen LogP contribution >= 0.6 is 23.2 Å². The lowest BCUT2D eigenvalue weighted by Crippen LogP contribution is -2.11. The maximum absolute atomic E-state index is 12.2. The molecule has 0 saturated carbocycles. The van der Waals surface area contributed by atoms with Crippen LogP contribution in [0.4, 0.5) is 0 Å². The fraction of sp³-hybridized carbons (Fsp3) is 0. The molecule has 0 N–H and O–H groups in total. The van der Waals surface area contributed by atoms with E-state index in [9.17, 15) is 4.79 Å². The summed E-state index contributed by atoms with van der Waals surface area (Å²) < 4.78 is 1.69. The zero-order valence-electron chi connectivity index (χ0n) is 11.9. The Balaban J connectivity index is 1.91. The van der Waals surface area contributed by atoms with Crippen molar-refractivity contribution in [3.63, 3.8) is 0 Å². The minimum Gasteiger partial charge on any atom is -0.267 e. The predicted octanol–water partition coefficient (Wildman–Crippen LogP) is 3.92. The lowest BCUT2D eigenvalue weighted by molar-refractivity contribution is 0.0998. The summed E-state index contributed by atoms with van der Waals surface area (Å²) in [6.07, 6.45) is 3.25. The first-order chi connectivity index (χ1) is 11.1. The van der Waals surface area contributed by atoms with E-state index in [1.54, 1.807) is 29.1 Å². The third-order valence-electron chi connectivity index (χ3n) is 3.11. The van der Waals surface area contributed by atoms with Gasteiger partial charge >= 0.3 is 0 Å². The van der Waals surface area contributed by atoms with Gasteiger partial charge in [-0.3, -0.25) is 4.79 Å². The molecule has 2 aromatic carbocycles. The first kappa shape index (κ1) is 15.5. The monoisotopic (exact) mass is 343 g/mol. The molecule has 3 rings (SSSR count). The van der Waals surface area contributed by atoms with Crippen molar-refractivity contribution in [3.8, 4) is 5.69 Å². The summed E-state index contributed by atoms with van der Waals surface area (Å²) in [6, 6.07) is 16.0. The van der Waals surface area contributed by atoms with Crippen LogP contribution in [0.5, 0.6) is 0 Å². The van der Waals surface area contributed by atoms with Crippen LogP contribution in [0.3, 0.4) is 0 Å². The highest BCUT2D eigenvalue weighted by Crippen LogP contribution is 2.21. The van der Waals surface area contributed by atoms with Gasteiger partial charge in [-0.2, -0.15) is 5.10 Å². The Bertz CT molecular complexity index is 900. The molecule has 0 aliphatic rings. The molecular formula is C17H11Cl2N3O. The number of para-hydroxylation sites is 1. The van der Waals surface area contributed by atoms with Crippen LogP contribution in [-0.2, 0) is 0 Å². The van der Waals surface area contributed by atoms with Crippen LogP contribution < -0.4 is 5.36 Å². The maximum atomic E-state index is 12.2. The van der Waals surface area contributed by atoms with Crippen molar-refractivity contribution >= 4 is 29.1 Å². The lowest BCUT2D eigenvalue weighted by atomic mass is 10.2. The Labute approximate surface area is 142 Å². The molecule has 0 aliphatic heterocycles. The van der Waals surface area contributed by atoms with Crippen LogP contribution in [0.25, 0.3) is 5.69 Å². The quantitative estimate of drug-likeness (QED) is 0.707. The van der Waals surface area contributed by atoms with Gasteiger partial charge in [0, 0.05) is 11.2 Å². The highest BCUT2D eigenvalue weighted by Gasteiger charge is 2.09. The Morgan fingerprint density at radius 2 is 1.83 bits per heavy atom. The fourth-order valence-corrected chi connectivity index (χ4v) is 2.36. The van der Waals surface area contributed by atoms with Crippen molar-refractivity contribution in [2.75, 3.05) is 0 Å². The van der Waals surface area contributed by atoms with Gasteiger partial charge in [-0.15, -0.1) is 0 Å². The molecule has 0 radical (unpaired) electrons. The molecular weight excluding hydrogens is 333 g/mol. The summed E-state index contributed by atoms with van der Waals surface area (Å²) in [4.78, 5) is 16.2. The Kier molecular flexibility index (Phi) is 4.55. The maximum Gasteiger partial charge on any atom is 0.279 e. The fourth-order valence-electron chi connectivity index (χ4n) is 1.99. The summed E-state index contributed by atoms with van der Waals surface area (Å²) in [5, 5.41) is 5.43. The summed E-state index contributed by atoms with van der Waals surface area (Å²) in [7, 11) is 0. The highest BCUT2D eigenvalue weighted by molar-refractivity contribution is 6.35. The van der Waals surface area contributed by atoms with Gasteiger partial charge in [0.1, 0.15) is 0 Å². The van der Waals surface area contributed by atoms with Gasteiger partial charge in [-0.25, -0.2) is 9.67 Å².